The van der Waals surface area contributed by atoms with E-state index >= 15 is 0 Å². The van der Waals surface area contributed by atoms with E-state index < -0.39 is 0 Å². The van der Waals surface area contributed by atoms with Crippen LogP contribution in [0.25, 0.3) is 11.0 Å². The molecular weight excluding hydrogens is 397 g/mol. The molecule has 0 N–H and O–H groups in total. The predicted octanol–water partition coefficient (Wildman–Crippen LogP) is 4.98. The summed E-state index contributed by atoms with van der Waals surface area (Å²) in [6.07, 6.45) is 3.55. The summed E-state index contributed by atoms with van der Waals surface area (Å²) in [4.78, 5) is 14.6. The van der Waals surface area contributed by atoms with Crippen LogP contribution in [0, 0.1) is 0 Å². The van der Waals surface area contributed by atoms with Crippen LogP contribution in [0.4, 0.5) is 0 Å². The lowest BCUT2D eigenvalue weighted by Gasteiger charge is -2.30. The Balaban J connectivity index is 1.48. The van der Waals surface area contributed by atoms with Gasteiger partial charge in [-0.05, 0) is 55.0 Å². The van der Waals surface area contributed by atoms with E-state index in [1.54, 1.807) is 0 Å². The van der Waals surface area contributed by atoms with Gasteiger partial charge in [0.05, 0.1) is 10.6 Å². The maximum Gasteiger partial charge on any atom is 0.339 e. The summed E-state index contributed by atoms with van der Waals surface area (Å²) in [5.41, 5.74) is 4.39. The Hall–Kier alpha value is -2.01. The molecule has 144 valence electrons. The molecule has 0 saturated heterocycles. The van der Waals surface area contributed by atoms with Crippen molar-refractivity contribution in [2.45, 2.75) is 32.2 Å². The molecule has 0 bridgehead atoms. The first-order valence-electron chi connectivity index (χ1n) is 9.49. The van der Waals surface area contributed by atoms with Gasteiger partial charge in [0.2, 0.25) is 0 Å². The zero-order valence-corrected chi connectivity index (χ0v) is 16.8. The first-order chi connectivity index (χ1) is 13.6. The Morgan fingerprint density at radius 1 is 1.04 bits per heavy atom. The van der Waals surface area contributed by atoms with Crippen molar-refractivity contribution < 1.29 is 9.15 Å². The standard InChI is InChI=1S/C22H19Cl2NO3/c23-14-6-4-13(5-7-14)8-9-25-11-18-20-17(10-19(24)21(18)27-12-25)15-2-1-3-16(15)22(26)28-20/h4-7,10H,1-3,8-9,11-12H2. The van der Waals surface area contributed by atoms with Crippen molar-refractivity contribution in [3.05, 3.63) is 73.1 Å². The van der Waals surface area contributed by atoms with Crippen molar-refractivity contribution in [1.82, 2.24) is 4.90 Å². The van der Waals surface area contributed by atoms with Gasteiger partial charge in [0.15, 0.2) is 0 Å². The monoisotopic (exact) mass is 415 g/mol. The maximum absolute atomic E-state index is 12.5. The van der Waals surface area contributed by atoms with Gasteiger partial charge in [-0.3, -0.25) is 4.90 Å². The second kappa shape index (κ2) is 7.11. The van der Waals surface area contributed by atoms with E-state index in [0.717, 1.165) is 59.3 Å². The first-order valence-corrected chi connectivity index (χ1v) is 10.3. The molecule has 0 amide bonds. The van der Waals surface area contributed by atoms with E-state index in [1.807, 2.05) is 30.3 Å². The molecule has 0 atom stereocenters. The van der Waals surface area contributed by atoms with Crippen molar-refractivity contribution >= 4 is 34.2 Å². The third kappa shape index (κ3) is 3.10. The van der Waals surface area contributed by atoms with E-state index in [1.165, 1.54) is 5.56 Å². The van der Waals surface area contributed by atoms with Gasteiger partial charge >= 0.3 is 5.63 Å². The van der Waals surface area contributed by atoms with Gasteiger partial charge in [0.1, 0.15) is 18.1 Å². The van der Waals surface area contributed by atoms with E-state index in [2.05, 4.69) is 4.90 Å². The van der Waals surface area contributed by atoms with Gasteiger partial charge in [-0.1, -0.05) is 35.3 Å². The molecule has 2 aromatic carbocycles. The van der Waals surface area contributed by atoms with E-state index in [4.69, 9.17) is 32.4 Å². The molecule has 28 heavy (non-hydrogen) atoms. The molecule has 1 aliphatic heterocycles. The van der Waals surface area contributed by atoms with Gasteiger partial charge in [-0.25, -0.2) is 4.79 Å². The summed E-state index contributed by atoms with van der Waals surface area (Å²) >= 11 is 12.5. The first kappa shape index (κ1) is 18.0. The number of fused-ring (bicyclic) bond motifs is 5. The largest absolute Gasteiger partial charge is 0.476 e. The van der Waals surface area contributed by atoms with Crippen LogP contribution >= 0.6 is 23.2 Å². The minimum Gasteiger partial charge on any atom is -0.476 e. The minimum absolute atomic E-state index is 0.220. The summed E-state index contributed by atoms with van der Waals surface area (Å²) in [6.45, 7) is 1.92. The fraction of sp³-hybridized carbons (Fsp3) is 0.318. The topological polar surface area (TPSA) is 42.7 Å². The lowest BCUT2D eigenvalue weighted by atomic mass is 10.0. The SMILES string of the molecule is O=c1oc2c3c(c(Cl)cc2c2c1CCC2)OCN(CCc1ccc(Cl)cc1)C3. The third-order valence-corrected chi connectivity index (χ3v) is 6.20. The second-order valence-electron chi connectivity index (χ2n) is 7.45. The van der Waals surface area contributed by atoms with Crippen LogP contribution in [0.2, 0.25) is 10.0 Å². The minimum atomic E-state index is -0.220. The molecule has 4 nitrogen and oxygen atoms in total. The Bertz CT molecular complexity index is 1120. The molecule has 0 saturated carbocycles. The van der Waals surface area contributed by atoms with Crippen LogP contribution in [0.15, 0.2) is 39.5 Å². The summed E-state index contributed by atoms with van der Waals surface area (Å²) in [6, 6.07) is 9.78. The van der Waals surface area contributed by atoms with Gasteiger partial charge in [0.25, 0.3) is 0 Å². The van der Waals surface area contributed by atoms with Crippen LogP contribution in [-0.2, 0) is 25.8 Å². The highest BCUT2D eigenvalue weighted by molar-refractivity contribution is 6.33. The van der Waals surface area contributed by atoms with Gasteiger partial charge < -0.3 is 9.15 Å². The molecule has 3 aromatic rings. The molecular formula is C22H19Cl2NO3. The Kier molecular flexibility index (Phi) is 4.58. The lowest BCUT2D eigenvalue weighted by molar-refractivity contribution is 0.0969. The van der Waals surface area contributed by atoms with Gasteiger partial charge in [-0.2, -0.15) is 0 Å². The van der Waals surface area contributed by atoms with E-state index in [0.29, 0.717) is 29.6 Å². The highest BCUT2D eigenvalue weighted by Gasteiger charge is 2.27. The molecule has 6 heteroatoms. The Morgan fingerprint density at radius 2 is 1.82 bits per heavy atom. The van der Waals surface area contributed by atoms with Crippen LogP contribution in [-0.4, -0.2) is 18.2 Å². The zero-order valence-electron chi connectivity index (χ0n) is 15.3. The molecule has 0 spiro atoms. The van der Waals surface area contributed by atoms with Crippen LogP contribution < -0.4 is 10.4 Å². The van der Waals surface area contributed by atoms with Crippen LogP contribution in [0.3, 0.4) is 0 Å². The quantitative estimate of drug-likeness (QED) is 0.565. The molecule has 0 fully saturated rings. The Morgan fingerprint density at radius 3 is 2.64 bits per heavy atom. The predicted molar refractivity (Wildman–Crippen MR) is 111 cm³/mol. The van der Waals surface area contributed by atoms with Gasteiger partial charge in [-0.15, -0.1) is 0 Å². The number of ether oxygens (including phenoxy) is 1. The summed E-state index contributed by atoms with van der Waals surface area (Å²) in [7, 11) is 0. The highest BCUT2D eigenvalue weighted by Crippen LogP contribution is 2.41. The molecule has 1 aliphatic carbocycles. The van der Waals surface area contributed by atoms with Crippen molar-refractivity contribution in [3.63, 3.8) is 0 Å². The van der Waals surface area contributed by atoms with Crippen LogP contribution in [0.5, 0.6) is 5.75 Å². The highest BCUT2D eigenvalue weighted by atomic mass is 35.5. The van der Waals surface area contributed by atoms with Crippen molar-refractivity contribution in [3.8, 4) is 5.75 Å². The average molecular weight is 416 g/mol. The van der Waals surface area contributed by atoms with Gasteiger partial charge in [0, 0.05) is 29.1 Å². The second-order valence-corrected chi connectivity index (χ2v) is 8.29. The lowest BCUT2D eigenvalue weighted by Crippen LogP contribution is -2.34. The summed E-state index contributed by atoms with van der Waals surface area (Å²) in [5, 5.41) is 2.28. The number of aryl methyl sites for hydroxylation is 1. The molecule has 2 heterocycles. The third-order valence-electron chi connectivity index (χ3n) is 5.67. The van der Waals surface area contributed by atoms with E-state index in [-0.39, 0.29) is 5.63 Å². The number of rotatable bonds is 3. The normalized spacial score (nSPS) is 16.1. The number of hydrogen-bond donors (Lipinski definition) is 0. The number of benzene rings is 2. The van der Waals surface area contributed by atoms with Crippen LogP contribution in [0.1, 0.15) is 28.7 Å². The fourth-order valence-corrected chi connectivity index (χ4v) is 4.64. The molecule has 0 radical (unpaired) electrons. The van der Waals surface area contributed by atoms with E-state index in [9.17, 15) is 4.79 Å². The molecule has 2 aliphatic rings. The maximum atomic E-state index is 12.5. The summed E-state index contributed by atoms with van der Waals surface area (Å²) in [5.74, 6) is 0.637. The summed E-state index contributed by atoms with van der Waals surface area (Å²) < 4.78 is 11.7. The number of nitrogens with zero attached hydrogens (tertiary/aromatic N) is 1. The van der Waals surface area contributed by atoms with Crippen molar-refractivity contribution in [2.75, 3.05) is 13.3 Å². The average Bonchev–Trinajstić information content (AvgIpc) is 3.20. The number of halogens is 2. The smallest absolute Gasteiger partial charge is 0.339 e. The molecule has 5 rings (SSSR count). The molecule has 1 aromatic heterocycles. The number of hydrogen-bond acceptors (Lipinski definition) is 4. The zero-order chi connectivity index (χ0) is 19.3. The Labute approximate surface area is 172 Å². The fourth-order valence-electron chi connectivity index (χ4n) is 4.24. The van der Waals surface area contributed by atoms with Crippen molar-refractivity contribution in [1.29, 1.82) is 0 Å². The molecule has 0 unspecified atom stereocenters. The van der Waals surface area contributed by atoms with Crippen molar-refractivity contribution in [2.24, 2.45) is 0 Å².